The highest BCUT2D eigenvalue weighted by Gasteiger charge is 2.48. The van der Waals surface area contributed by atoms with Crippen LogP contribution in [-0.4, -0.2) is 0 Å². The Labute approximate surface area is 122 Å². The van der Waals surface area contributed by atoms with E-state index in [4.69, 9.17) is 0 Å². The van der Waals surface area contributed by atoms with Crippen molar-refractivity contribution in [1.29, 1.82) is 0 Å². The van der Waals surface area contributed by atoms with Crippen LogP contribution in [0.15, 0.2) is 0 Å². The summed E-state index contributed by atoms with van der Waals surface area (Å²) in [5.41, 5.74) is 0.531. The van der Waals surface area contributed by atoms with Crippen LogP contribution < -0.4 is 0 Å². The molecule has 19 heavy (non-hydrogen) atoms. The lowest BCUT2D eigenvalue weighted by atomic mass is 9.71. The van der Waals surface area contributed by atoms with Crippen LogP contribution in [0, 0.1) is 35.0 Å². The van der Waals surface area contributed by atoms with E-state index in [0.717, 1.165) is 29.6 Å². The van der Waals surface area contributed by atoms with Crippen molar-refractivity contribution in [3.63, 3.8) is 0 Å². The van der Waals surface area contributed by atoms with E-state index in [9.17, 15) is 0 Å². The molecule has 1 rings (SSSR count). The fourth-order valence-electron chi connectivity index (χ4n) is 4.13. The minimum atomic E-state index is 0.531. The Bertz CT molecular complexity index is 253. The molecule has 0 N–H and O–H groups in total. The van der Waals surface area contributed by atoms with E-state index in [2.05, 4.69) is 48.5 Å². The lowest BCUT2D eigenvalue weighted by Gasteiger charge is -2.34. The number of rotatable bonds is 9. The molecule has 0 radical (unpaired) electrons. The summed E-state index contributed by atoms with van der Waals surface area (Å²) < 4.78 is 0. The molecule has 0 saturated heterocycles. The minimum Gasteiger partial charge on any atom is -0.0654 e. The molecule has 0 bridgehead atoms. The first kappa shape index (κ1) is 17.1. The number of hydrogen-bond donors (Lipinski definition) is 0. The summed E-state index contributed by atoms with van der Waals surface area (Å²) in [6.07, 6.45) is 8.45. The second-order valence-electron chi connectivity index (χ2n) is 8.20. The highest BCUT2D eigenvalue weighted by Crippen LogP contribution is 2.55. The van der Waals surface area contributed by atoms with Crippen LogP contribution in [-0.2, 0) is 0 Å². The van der Waals surface area contributed by atoms with Gasteiger partial charge in [0, 0.05) is 0 Å². The maximum atomic E-state index is 2.52. The average Bonchev–Trinajstić information content (AvgIpc) is 2.89. The Hall–Kier alpha value is 0. The Balaban J connectivity index is 2.42. The molecule has 5 atom stereocenters. The smallest absolute Gasteiger partial charge is 0.0326 e. The molecule has 114 valence electrons. The Kier molecular flexibility index (Phi) is 6.40. The van der Waals surface area contributed by atoms with Crippen LogP contribution >= 0.6 is 0 Å². The van der Waals surface area contributed by atoms with Gasteiger partial charge in [0.15, 0.2) is 0 Å². The van der Waals surface area contributed by atoms with Crippen molar-refractivity contribution >= 4 is 0 Å². The molecule has 0 aromatic carbocycles. The summed E-state index contributed by atoms with van der Waals surface area (Å²) in [5.74, 6) is 4.84. The quantitative estimate of drug-likeness (QED) is 0.444. The van der Waals surface area contributed by atoms with Gasteiger partial charge in [-0.05, 0) is 47.8 Å². The topological polar surface area (TPSA) is 0 Å². The molecular weight excluding hydrogens is 228 g/mol. The SMILES string of the molecule is CCCC(C)CC(C)C(C)(C)CC1C(C)C1CCC. The van der Waals surface area contributed by atoms with E-state index in [1.165, 1.54) is 38.5 Å². The zero-order chi connectivity index (χ0) is 14.6. The van der Waals surface area contributed by atoms with Gasteiger partial charge in [0.2, 0.25) is 0 Å². The van der Waals surface area contributed by atoms with E-state index in [0.29, 0.717) is 5.41 Å². The molecule has 1 aliphatic carbocycles. The molecule has 1 aliphatic rings. The van der Waals surface area contributed by atoms with Gasteiger partial charge in [0.1, 0.15) is 0 Å². The van der Waals surface area contributed by atoms with E-state index in [-0.39, 0.29) is 0 Å². The molecule has 0 aromatic heterocycles. The van der Waals surface area contributed by atoms with Gasteiger partial charge < -0.3 is 0 Å². The average molecular weight is 267 g/mol. The van der Waals surface area contributed by atoms with Gasteiger partial charge in [-0.1, -0.05) is 74.1 Å². The molecule has 0 heteroatoms. The molecule has 0 heterocycles. The van der Waals surface area contributed by atoms with Crippen molar-refractivity contribution in [2.24, 2.45) is 35.0 Å². The van der Waals surface area contributed by atoms with Crippen LogP contribution in [0.5, 0.6) is 0 Å². The van der Waals surface area contributed by atoms with Crippen molar-refractivity contribution in [3.05, 3.63) is 0 Å². The van der Waals surface area contributed by atoms with Gasteiger partial charge in [0.05, 0.1) is 0 Å². The van der Waals surface area contributed by atoms with Gasteiger partial charge in [-0.15, -0.1) is 0 Å². The van der Waals surface area contributed by atoms with E-state index < -0.39 is 0 Å². The van der Waals surface area contributed by atoms with Crippen LogP contribution in [0.1, 0.15) is 87.0 Å². The van der Waals surface area contributed by atoms with E-state index >= 15 is 0 Å². The van der Waals surface area contributed by atoms with Crippen LogP contribution in [0.25, 0.3) is 0 Å². The monoisotopic (exact) mass is 266 g/mol. The molecule has 0 spiro atoms. The van der Waals surface area contributed by atoms with Gasteiger partial charge in [-0.25, -0.2) is 0 Å². The third-order valence-electron chi connectivity index (χ3n) is 6.02. The molecule has 1 fully saturated rings. The second-order valence-corrected chi connectivity index (χ2v) is 8.20. The van der Waals surface area contributed by atoms with Crippen LogP contribution in [0.4, 0.5) is 0 Å². The van der Waals surface area contributed by atoms with Gasteiger partial charge in [-0.2, -0.15) is 0 Å². The van der Waals surface area contributed by atoms with Crippen molar-refractivity contribution in [2.75, 3.05) is 0 Å². The fourth-order valence-corrected chi connectivity index (χ4v) is 4.13. The molecule has 0 nitrogen and oxygen atoms in total. The first-order chi connectivity index (χ1) is 8.83. The molecular formula is C19H38. The molecule has 0 aliphatic heterocycles. The summed E-state index contributed by atoms with van der Waals surface area (Å²) in [4.78, 5) is 0. The molecule has 1 saturated carbocycles. The lowest BCUT2D eigenvalue weighted by molar-refractivity contribution is 0.163. The Morgan fingerprint density at radius 1 is 1.00 bits per heavy atom. The normalized spacial score (nSPS) is 30.2. The van der Waals surface area contributed by atoms with Crippen molar-refractivity contribution in [3.8, 4) is 0 Å². The summed E-state index contributed by atoms with van der Waals surface area (Å²) in [6, 6.07) is 0. The second kappa shape index (κ2) is 7.14. The highest BCUT2D eigenvalue weighted by molar-refractivity contribution is 4.97. The standard InChI is InChI=1S/C19H38/c1-8-10-14(3)12-15(4)19(6,7)13-18-16(5)17(18)11-9-2/h14-18H,8-13H2,1-7H3. The maximum absolute atomic E-state index is 2.52. The first-order valence-corrected chi connectivity index (χ1v) is 8.83. The fraction of sp³-hybridized carbons (Fsp3) is 1.00. The Morgan fingerprint density at radius 2 is 1.63 bits per heavy atom. The summed E-state index contributed by atoms with van der Waals surface area (Å²) in [5, 5.41) is 0. The Morgan fingerprint density at radius 3 is 2.16 bits per heavy atom. The summed E-state index contributed by atoms with van der Waals surface area (Å²) >= 11 is 0. The third kappa shape index (κ3) is 4.80. The molecule has 0 aromatic rings. The lowest BCUT2D eigenvalue weighted by Crippen LogP contribution is -2.24. The number of hydrogen-bond acceptors (Lipinski definition) is 0. The van der Waals surface area contributed by atoms with Crippen molar-refractivity contribution in [1.82, 2.24) is 0 Å². The first-order valence-electron chi connectivity index (χ1n) is 8.83. The predicted molar refractivity (Wildman–Crippen MR) is 87.3 cm³/mol. The highest BCUT2D eigenvalue weighted by atomic mass is 14.5. The zero-order valence-electron chi connectivity index (χ0n) is 14.6. The third-order valence-corrected chi connectivity index (χ3v) is 6.02. The van der Waals surface area contributed by atoms with Gasteiger partial charge in [-0.3, -0.25) is 0 Å². The molecule has 5 unspecified atom stereocenters. The summed E-state index contributed by atoms with van der Waals surface area (Å²) in [6.45, 7) is 17.1. The molecule has 0 amide bonds. The van der Waals surface area contributed by atoms with Crippen molar-refractivity contribution < 1.29 is 0 Å². The largest absolute Gasteiger partial charge is 0.0654 e. The maximum Gasteiger partial charge on any atom is -0.0326 e. The predicted octanol–water partition coefficient (Wildman–Crippen LogP) is 6.55. The van der Waals surface area contributed by atoms with Gasteiger partial charge >= 0.3 is 0 Å². The summed E-state index contributed by atoms with van der Waals surface area (Å²) in [7, 11) is 0. The zero-order valence-corrected chi connectivity index (χ0v) is 14.6. The minimum absolute atomic E-state index is 0.531. The van der Waals surface area contributed by atoms with Crippen LogP contribution in [0.3, 0.4) is 0 Å². The van der Waals surface area contributed by atoms with Gasteiger partial charge in [0.25, 0.3) is 0 Å². The van der Waals surface area contributed by atoms with Crippen LogP contribution in [0.2, 0.25) is 0 Å². The van der Waals surface area contributed by atoms with E-state index in [1.807, 2.05) is 0 Å². The van der Waals surface area contributed by atoms with Crippen molar-refractivity contribution in [2.45, 2.75) is 87.0 Å². The van der Waals surface area contributed by atoms with E-state index in [1.54, 1.807) is 0 Å².